The van der Waals surface area contributed by atoms with Gasteiger partial charge in [0.05, 0.1) is 23.9 Å². The van der Waals surface area contributed by atoms with Crippen molar-refractivity contribution in [2.45, 2.75) is 44.9 Å². The molecule has 0 N–H and O–H groups in total. The Labute approximate surface area is 186 Å². The van der Waals surface area contributed by atoms with Gasteiger partial charge in [-0.25, -0.2) is 4.39 Å². The summed E-state index contributed by atoms with van der Waals surface area (Å²) >= 11 is 2.68. The molecule has 4 rings (SSSR count). The minimum Gasteiger partial charge on any atom is -0.490 e. The van der Waals surface area contributed by atoms with Crippen LogP contribution in [0.5, 0.6) is 5.75 Å². The fourth-order valence-electron chi connectivity index (χ4n) is 3.53. The first-order valence-electron chi connectivity index (χ1n) is 10.4. The van der Waals surface area contributed by atoms with E-state index in [1.165, 1.54) is 0 Å². The van der Waals surface area contributed by atoms with Gasteiger partial charge in [-0.3, -0.25) is 9.98 Å². The maximum Gasteiger partial charge on any atom is 0.162 e. The van der Waals surface area contributed by atoms with Gasteiger partial charge in [0.25, 0.3) is 0 Å². The van der Waals surface area contributed by atoms with Gasteiger partial charge in [0.15, 0.2) is 22.0 Å². The second-order valence-electron chi connectivity index (χ2n) is 8.01. The predicted octanol–water partition coefficient (Wildman–Crippen LogP) is 4.15. The molecule has 30 heavy (non-hydrogen) atoms. The number of fused-ring (bicyclic) bond motifs is 1. The van der Waals surface area contributed by atoms with Crippen LogP contribution in [0.2, 0.25) is 0 Å². The van der Waals surface area contributed by atoms with Crippen LogP contribution in [0.1, 0.15) is 48.4 Å². The minimum absolute atomic E-state index is 0.0715. The van der Waals surface area contributed by atoms with Gasteiger partial charge in [-0.15, -0.1) is 0 Å². The van der Waals surface area contributed by atoms with Crippen molar-refractivity contribution >= 4 is 27.8 Å². The minimum atomic E-state index is -0.233. The highest BCUT2D eigenvalue weighted by atomic mass is 27.0. The SMILES string of the molecule is Cc1ccc(C)c(/C(=N\[CH](C)[Al])N2CCCOc3c(C#CC4CC4)cncc32)c1F. The number of aryl methyl sites for hydroxylation is 2. The first-order valence-corrected chi connectivity index (χ1v) is 11.1. The lowest BCUT2D eigenvalue weighted by Gasteiger charge is -2.28. The van der Waals surface area contributed by atoms with Gasteiger partial charge in [0, 0.05) is 18.7 Å². The van der Waals surface area contributed by atoms with E-state index in [4.69, 9.17) is 9.73 Å². The number of aromatic nitrogens is 1. The Morgan fingerprint density at radius 1 is 1.30 bits per heavy atom. The van der Waals surface area contributed by atoms with E-state index in [-0.39, 0.29) is 10.7 Å². The van der Waals surface area contributed by atoms with Gasteiger partial charge in [0.1, 0.15) is 17.3 Å². The van der Waals surface area contributed by atoms with E-state index >= 15 is 4.39 Å². The molecular formula is C24H25AlFN3O. The van der Waals surface area contributed by atoms with Crippen LogP contribution in [0.4, 0.5) is 10.1 Å². The Kier molecular flexibility index (Phi) is 6.14. The molecule has 0 amide bonds. The summed E-state index contributed by atoms with van der Waals surface area (Å²) in [5.74, 6) is 8.12. The molecule has 2 aromatic rings. The molecule has 2 heterocycles. The number of aliphatic imine (C=N–C) groups is 1. The lowest BCUT2D eigenvalue weighted by molar-refractivity contribution is 0.321. The number of anilines is 1. The average molecular weight is 417 g/mol. The molecule has 1 aromatic carbocycles. The molecule has 1 aliphatic carbocycles. The fourth-order valence-corrected chi connectivity index (χ4v) is 3.67. The van der Waals surface area contributed by atoms with E-state index in [0.717, 1.165) is 36.1 Å². The van der Waals surface area contributed by atoms with Gasteiger partial charge in [-0.1, -0.05) is 30.9 Å². The van der Waals surface area contributed by atoms with Crippen LogP contribution in [-0.4, -0.2) is 45.2 Å². The standard InChI is InChI=1S/C24H25FN3O.Al/c1-4-27-24(21-16(2)6-7-17(3)22(21)25)28-12-5-13-29-23-19(11-10-18-8-9-18)14-26-15-20(23)28;/h4,6-7,14-15,18H,5,8-9,12-13H2,1-3H3;/b27-24+;. The van der Waals surface area contributed by atoms with Gasteiger partial charge in [0.2, 0.25) is 0 Å². The van der Waals surface area contributed by atoms with Crippen LogP contribution in [0.15, 0.2) is 29.5 Å². The van der Waals surface area contributed by atoms with Crippen molar-refractivity contribution in [3.63, 3.8) is 0 Å². The number of hydrogen-bond donors (Lipinski definition) is 0. The first kappa shape index (κ1) is 20.9. The molecule has 1 aromatic heterocycles. The molecule has 6 heteroatoms. The number of halogens is 1. The number of amidine groups is 1. The molecular weight excluding hydrogens is 392 g/mol. The Morgan fingerprint density at radius 2 is 2.07 bits per heavy atom. The van der Waals surface area contributed by atoms with Crippen LogP contribution < -0.4 is 9.64 Å². The fraction of sp³-hybridized carbons (Fsp3) is 0.417. The number of pyridine rings is 1. The van der Waals surface area contributed by atoms with E-state index in [2.05, 4.69) is 33.1 Å². The van der Waals surface area contributed by atoms with Crippen molar-refractivity contribution < 1.29 is 9.13 Å². The van der Waals surface area contributed by atoms with Crippen LogP contribution in [0, 0.1) is 37.4 Å². The third kappa shape index (κ3) is 4.38. The molecule has 2 radical (unpaired) electrons. The quantitative estimate of drug-likeness (QED) is 0.319. The molecule has 1 unspecified atom stereocenters. The number of rotatable bonds is 2. The topological polar surface area (TPSA) is 37.7 Å². The maximum absolute atomic E-state index is 15.3. The second-order valence-corrected chi connectivity index (χ2v) is 8.98. The molecule has 1 fully saturated rings. The van der Waals surface area contributed by atoms with Gasteiger partial charge in [-0.2, -0.15) is 0 Å². The monoisotopic (exact) mass is 417 g/mol. The normalized spacial score (nSPS) is 17.3. The molecule has 4 nitrogen and oxygen atoms in total. The highest BCUT2D eigenvalue weighted by Gasteiger charge is 2.27. The highest BCUT2D eigenvalue weighted by Crippen LogP contribution is 2.36. The van der Waals surface area contributed by atoms with Crippen LogP contribution in [-0.2, 0) is 0 Å². The van der Waals surface area contributed by atoms with E-state index in [1.807, 2.05) is 30.9 Å². The molecule has 1 atom stereocenters. The van der Waals surface area contributed by atoms with Crippen molar-refractivity contribution in [2.24, 2.45) is 10.9 Å². The number of ether oxygens (including phenoxy) is 1. The summed E-state index contributed by atoms with van der Waals surface area (Å²) in [7, 11) is 0. The zero-order chi connectivity index (χ0) is 21.3. The number of nitrogens with zero attached hydrogens (tertiary/aromatic N) is 3. The summed E-state index contributed by atoms with van der Waals surface area (Å²) < 4.78 is 21.4. The Balaban J connectivity index is 1.87. The predicted molar refractivity (Wildman–Crippen MR) is 119 cm³/mol. The van der Waals surface area contributed by atoms with E-state index in [1.54, 1.807) is 19.3 Å². The molecule has 1 aliphatic heterocycles. The lowest BCUT2D eigenvalue weighted by atomic mass is 10.0. The molecule has 0 saturated heterocycles. The third-order valence-corrected chi connectivity index (χ3v) is 5.43. The van der Waals surface area contributed by atoms with E-state index < -0.39 is 0 Å². The first-order chi connectivity index (χ1) is 14.5. The largest absolute Gasteiger partial charge is 0.490 e. The maximum atomic E-state index is 15.3. The summed E-state index contributed by atoms with van der Waals surface area (Å²) in [6.07, 6.45) is 6.65. The Morgan fingerprint density at radius 3 is 2.80 bits per heavy atom. The van der Waals surface area contributed by atoms with Gasteiger partial charge < -0.3 is 9.64 Å². The van der Waals surface area contributed by atoms with Crippen molar-refractivity contribution in [3.05, 3.63) is 52.6 Å². The molecule has 152 valence electrons. The van der Waals surface area contributed by atoms with Crippen LogP contribution >= 0.6 is 0 Å². The molecule has 0 bridgehead atoms. The highest BCUT2D eigenvalue weighted by molar-refractivity contribution is 6.16. The van der Waals surface area contributed by atoms with Crippen LogP contribution in [0.3, 0.4) is 0 Å². The Hall–Kier alpha value is -2.34. The lowest BCUT2D eigenvalue weighted by Crippen LogP contribution is -2.35. The van der Waals surface area contributed by atoms with Gasteiger partial charge in [-0.05, 0) is 49.1 Å². The van der Waals surface area contributed by atoms with Crippen LogP contribution in [0.25, 0.3) is 0 Å². The number of hydrogen-bond acceptors (Lipinski definition) is 3. The van der Waals surface area contributed by atoms with Crippen molar-refractivity contribution in [1.82, 2.24) is 4.98 Å². The average Bonchev–Trinajstić information content (AvgIpc) is 3.55. The zero-order valence-corrected chi connectivity index (χ0v) is 18.9. The van der Waals surface area contributed by atoms with Crippen molar-refractivity contribution in [1.29, 1.82) is 0 Å². The summed E-state index contributed by atoms with van der Waals surface area (Å²) in [6, 6.07) is 3.75. The summed E-state index contributed by atoms with van der Waals surface area (Å²) in [5.41, 5.74) is 3.57. The van der Waals surface area contributed by atoms with Gasteiger partial charge >= 0.3 is 0 Å². The summed E-state index contributed by atoms with van der Waals surface area (Å²) in [6.45, 7) is 6.92. The van der Waals surface area contributed by atoms with E-state index in [0.29, 0.717) is 41.8 Å². The third-order valence-electron chi connectivity index (χ3n) is 5.28. The summed E-state index contributed by atoms with van der Waals surface area (Å²) in [4.78, 5) is 11.2. The smallest absolute Gasteiger partial charge is 0.162 e. The molecule has 2 aliphatic rings. The zero-order valence-electron chi connectivity index (χ0n) is 17.7. The van der Waals surface area contributed by atoms with Crippen molar-refractivity contribution in [3.8, 4) is 17.6 Å². The number of benzene rings is 1. The molecule has 0 spiro atoms. The van der Waals surface area contributed by atoms with Crippen molar-refractivity contribution in [2.75, 3.05) is 18.1 Å². The second kappa shape index (κ2) is 8.80. The Bertz CT molecular complexity index is 1050. The van der Waals surface area contributed by atoms with E-state index in [9.17, 15) is 0 Å². The summed E-state index contributed by atoms with van der Waals surface area (Å²) in [5, 5.41) is 0. The molecule has 1 saturated carbocycles.